The van der Waals surface area contributed by atoms with E-state index >= 15 is 0 Å². The molecule has 3 rings (SSSR count). The molecule has 1 aromatic carbocycles. The Morgan fingerprint density at radius 1 is 1.32 bits per heavy atom. The zero-order chi connectivity index (χ0) is 12.7. The Bertz CT molecular complexity index is 636. The van der Waals surface area contributed by atoms with Gasteiger partial charge in [0.05, 0.1) is 6.54 Å². The SMILES string of the molecule is Cl.O=C(O)C(=O)C1=C2CNN=C2c2ccccc2O1. The number of aliphatic carboxylic acids is 1. The maximum Gasteiger partial charge on any atom is 0.380 e. The highest BCUT2D eigenvalue weighted by Crippen LogP contribution is 2.32. The first kappa shape index (κ1) is 13.1. The molecule has 0 fully saturated rings. The van der Waals surface area contributed by atoms with Crippen molar-refractivity contribution in [3.05, 3.63) is 41.2 Å². The van der Waals surface area contributed by atoms with Crippen LogP contribution in [0.3, 0.4) is 0 Å². The number of Topliss-reactive ketones (excluding diaryl/α,β-unsaturated/α-hetero) is 1. The lowest BCUT2D eigenvalue weighted by Gasteiger charge is -2.19. The highest BCUT2D eigenvalue weighted by Gasteiger charge is 2.34. The van der Waals surface area contributed by atoms with Crippen LogP contribution in [0, 0.1) is 0 Å². The molecule has 1 aromatic rings. The monoisotopic (exact) mass is 280 g/mol. The van der Waals surface area contributed by atoms with Gasteiger partial charge in [0, 0.05) is 11.1 Å². The first-order chi connectivity index (χ1) is 8.68. The summed E-state index contributed by atoms with van der Waals surface area (Å²) in [4.78, 5) is 22.4. The number of ketones is 1. The Balaban J connectivity index is 0.00000133. The number of hydrogen-bond acceptors (Lipinski definition) is 5. The van der Waals surface area contributed by atoms with Crippen LogP contribution in [0.2, 0.25) is 0 Å². The number of benzene rings is 1. The van der Waals surface area contributed by atoms with Crippen LogP contribution in [0.25, 0.3) is 0 Å². The van der Waals surface area contributed by atoms with Gasteiger partial charge in [0.2, 0.25) is 0 Å². The number of hydrogen-bond donors (Lipinski definition) is 2. The Labute approximate surface area is 114 Å². The zero-order valence-electron chi connectivity index (χ0n) is 9.54. The van der Waals surface area contributed by atoms with Crippen LogP contribution in [0.1, 0.15) is 5.56 Å². The summed E-state index contributed by atoms with van der Waals surface area (Å²) in [5.74, 6) is -2.32. The van der Waals surface area contributed by atoms with Crippen molar-refractivity contribution in [2.24, 2.45) is 5.10 Å². The van der Waals surface area contributed by atoms with Crippen molar-refractivity contribution < 1.29 is 19.4 Å². The number of halogens is 1. The molecule has 2 aliphatic rings. The summed E-state index contributed by atoms with van der Waals surface area (Å²) in [7, 11) is 0. The van der Waals surface area contributed by atoms with Crippen LogP contribution < -0.4 is 10.2 Å². The van der Waals surface area contributed by atoms with Crippen LogP contribution >= 0.6 is 12.4 Å². The number of carboxylic acid groups (broad SMARTS) is 1. The fourth-order valence-corrected chi connectivity index (χ4v) is 1.96. The molecular weight excluding hydrogens is 272 g/mol. The van der Waals surface area contributed by atoms with Gasteiger partial charge in [-0.1, -0.05) is 12.1 Å². The standard InChI is InChI=1S/C12H8N2O4.ClH/c15-10(12(16)17)11-7-5-13-14-9(7)6-3-1-2-4-8(6)18-11;/h1-4,13H,5H2,(H,16,17);1H. The fourth-order valence-electron chi connectivity index (χ4n) is 1.96. The van der Waals surface area contributed by atoms with E-state index < -0.39 is 11.8 Å². The number of hydrazone groups is 1. The van der Waals surface area contributed by atoms with E-state index in [1.54, 1.807) is 12.1 Å². The summed E-state index contributed by atoms with van der Waals surface area (Å²) in [5.41, 5.74) is 4.54. The van der Waals surface area contributed by atoms with E-state index in [4.69, 9.17) is 9.84 Å². The third kappa shape index (κ3) is 1.96. The topological polar surface area (TPSA) is 88.0 Å². The Morgan fingerprint density at radius 3 is 2.79 bits per heavy atom. The Kier molecular flexibility index (Phi) is 3.26. The summed E-state index contributed by atoms with van der Waals surface area (Å²) in [6, 6.07) is 7.05. The van der Waals surface area contributed by atoms with Crippen molar-refractivity contribution in [2.45, 2.75) is 0 Å². The van der Waals surface area contributed by atoms with Gasteiger partial charge in [-0.05, 0) is 12.1 Å². The van der Waals surface area contributed by atoms with Crippen molar-refractivity contribution >= 4 is 29.9 Å². The first-order valence-corrected chi connectivity index (χ1v) is 5.27. The predicted molar refractivity (Wildman–Crippen MR) is 68.5 cm³/mol. The van der Waals surface area contributed by atoms with Crippen molar-refractivity contribution in [3.8, 4) is 5.75 Å². The molecule has 0 spiro atoms. The van der Waals surface area contributed by atoms with Crippen molar-refractivity contribution in [3.63, 3.8) is 0 Å². The number of para-hydroxylation sites is 1. The maximum atomic E-state index is 11.6. The largest absolute Gasteiger partial charge is 0.475 e. The van der Waals surface area contributed by atoms with Crippen LogP contribution in [-0.2, 0) is 9.59 Å². The molecule has 0 aromatic heterocycles. The minimum atomic E-state index is -1.54. The number of nitrogens with one attached hydrogen (secondary N) is 1. The average molecular weight is 281 g/mol. The van der Waals surface area contributed by atoms with Gasteiger partial charge in [0.25, 0.3) is 0 Å². The lowest BCUT2D eigenvalue weighted by molar-refractivity contribution is -0.148. The summed E-state index contributed by atoms with van der Waals surface area (Å²) in [5, 5.41) is 12.9. The molecule has 0 aliphatic carbocycles. The summed E-state index contributed by atoms with van der Waals surface area (Å²) < 4.78 is 5.40. The highest BCUT2D eigenvalue weighted by molar-refractivity contribution is 6.41. The summed E-state index contributed by atoms with van der Waals surface area (Å²) in [6.07, 6.45) is 0. The molecule has 0 unspecified atom stereocenters. The van der Waals surface area contributed by atoms with Crippen LogP contribution in [-0.4, -0.2) is 29.1 Å². The molecule has 19 heavy (non-hydrogen) atoms. The van der Waals surface area contributed by atoms with Crippen LogP contribution in [0.5, 0.6) is 5.75 Å². The minimum absolute atomic E-state index is 0. The average Bonchev–Trinajstić information content (AvgIpc) is 2.86. The molecule has 7 heteroatoms. The first-order valence-electron chi connectivity index (χ1n) is 5.27. The normalized spacial score (nSPS) is 15.3. The van der Waals surface area contributed by atoms with E-state index in [0.717, 1.165) is 5.56 Å². The molecule has 2 aliphatic heterocycles. The van der Waals surface area contributed by atoms with E-state index in [0.29, 0.717) is 17.0 Å². The lowest BCUT2D eigenvalue weighted by Crippen LogP contribution is -2.27. The number of fused-ring (bicyclic) bond motifs is 3. The fraction of sp³-hybridized carbons (Fsp3) is 0.0833. The molecule has 0 saturated carbocycles. The molecule has 0 atom stereocenters. The van der Waals surface area contributed by atoms with E-state index in [-0.39, 0.29) is 24.7 Å². The predicted octanol–water partition coefficient (Wildman–Crippen LogP) is 0.716. The number of carboxylic acids is 1. The molecule has 2 N–H and O–H groups in total. The van der Waals surface area contributed by atoms with E-state index in [2.05, 4.69) is 10.5 Å². The Morgan fingerprint density at radius 2 is 2.05 bits per heavy atom. The van der Waals surface area contributed by atoms with Crippen LogP contribution in [0.4, 0.5) is 0 Å². The minimum Gasteiger partial charge on any atom is -0.475 e. The molecule has 0 saturated heterocycles. The molecule has 6 nitrogen and oxygen atoms in total. The summed E-state index contributed by atoms with van der Waals surface area (Å²) >= 11 is 0. The van der Waals surface area contributed by atoms with Gasteiger partial charge in [-0.15, -0.1) is 12.4 Å². The zero-order valence-corrected chi connectivity index (χ0v) is 10.4. The number of carbonyl (C=O) groups excluding carboxylic acids is 1. The second-order valence-electron chi connectivity index (χ2n) is 3.84. The van der Waals surface area contributed by atoms with Crippen molar-refractivity contribution in [2.75, 3.05) is 6.54 Å². The third-order valence-electron chi connectivity index (χ3n) is 2.76. The van der Waals surface area contributed by atoms with Gasteiger partial charge in [-0.3, -0.25) is 4.79 Å². The van der Waals surface area contributed by atoms with E-state index in [9.17, 15) is 9.59 Å². The van der Waals surface area contributed by atoms with Gasteiger partial charge in [-0.2, -0.15) is 5.10 Å². The van der Waals surface area contributed by atoms with Gasteiger partial charge < -0.3 is 15.3 Å². The molecule has 0 amide bonds. The van der Waals surface area contributed by atoms with Crippen molar-refractivity contribution in [1.29, 1.82) is 0 Å². The van der Waals surface area contributed by atoms with E-state index in [1.807, 2.05) is 12.1 Å². The number of ether oxygens (including phenoxy) is 1. The van der Waals surface area contributed by atoms with Crippen LogP contribution in [0.15, 0.2) is 40.7 Å². The molecule has 2 heterocycles. The Hall–Kier alpha value is -2.34. The quantitative estimate of drug-likeness (QED) is 0.779. The van der Waals surface area contributed by atoms with E-state index in [1.165, 1.54) is 0 Å². The molecule has 98 valence electrons. The van der Waals surface area contributed by atoms with Crippen molar-refractivity contribution in [1.82, 2.24) is 5.43 Å². The summed E-state index contributed by atoms with van der Waals surface area (Å²) in [6.45, 7) is 0.290. The second-order valence-corrected chi connectivity index (χ2v) is 3.84. The van der Waals surface area contributed by atoms with Gasteiger partial charge in [0.1, 0.15) is 11.5 Å². The number of nitrogens with zero attached hydrogens (tertiary/aromatic N) is 1. The number of carbonyl (C=O) groups is 2. The smallest absolute Gasteiger partial charge is 0.380 e. The maximum absolute atomic E-state index is 11.6. The second kappa shape index (κ2) is 4.74. The lowest BCUT2D eigenvalue weighted by atomic mass is 9.97. The molecule has 0 bridgehead atoms. The number of rotatable bonds is 2. The van der Waals surface area contributed by atoms with Gasteiger partial charge in [0.15, 0.2) is 5.76 Å². The molecule has 0 radical (unpaired) electrons. The van der Waals surface area contributed by atoms with Gasteiger partial charge in [-0.25, -0.2) is 4.79 Å². The highest BCUT2D eigenvalue weighted by atomic mass is 35.5. The third-order valence-corrected chi connectivity index (χ3v) is 2.76. The van der Waals surface area contributed by atoms with Gasteiger partial charge >= 0.3 is 11.8 Å². The molecular formula is C12H9ClN2O4.